The zero-order valence-corrected chi connectivity index (χ0v) is 13.3. The third-order valence-electron chi connectivity index (χ3n) is 3.31. The summed E-state index contributed by atoms with van der Waals surface area (Å²) in [6, 6.07) is 20.5. The zero-order valence-electron chi connectivity index (χ0n) is 11.6. The topological polar surface area (TPSA) is 25.8 Å². The van der Waals surface area contributed by atoms with Crippen molar-refractivity contribution in [3.05, 3.63) is 72.2 Å². The minimum atomic E-state index is 1.01. The fourth-order valence-electron chi connectivity index (χ4n) is 2.23. The lowest BCUT2D eigenvalue weighted by atomic mass is 10.2. The van der Waals surface area contributed by atoms with Crippen LogP contribution < -0.4 is 0 Å². The molecule has 0 radical (unpaired) electrons. The van der Waals surface area contributed by atoms with Crippen molar-refractivity contribution in [1.82, 2.24) is 9.97 Å². The van der Waals surface area contributed by atoms with Gasteiger partial charge >= 0.3 is 0 Å². The molecule has 0 saturated carbocycles. The summed E-state index contributed by atoms with van der Waals surface area (Å²) in [6.45, 7) is 0. The first-order chi connectivity index (χ1) is 10.9. The van der Waals surface area contributed by atoms with Gasteiger partial charge in [0, 0.05) is 17.1 Å². The highest BCUT2D eigenvalue weighted by Gasteiger charge is 2.10. The second-order valence-electron chi connectivity index (χ2n) is 4.78. The molecule has 0 fully saturated rings. The van der Waals surface area contributed by atoms with Gasteiger partial charge in [-0.15, -0.1) is 22.7 Å². The van der Waals surface area contributed by atoms with Gasteiger partial charge in [-0.2, -0.15) is 0 Å². The van der Waals surface area contributed by atoms with Crippen molar-refractivity contribution in [1.29, 1.82) is 0 Å². The highest BCUT2D eigenvalue weighted by Crippen LogP contribution is 2.36. The molecule has 3 aromatic heterocycles. The first-order valence-corrected chi connectivity index (χ1v) is 8.62. The van der Waals surface area contributed by atoms with E-state index in [0.29, 0.717) is 0 Å². The summed E-state index contributed by atoms with van der Waals surface area (Å²) in [5, 5.41) is 3.18. The van der Waals surface area contributed by atoms with Gasteiger partial charge < -0.3 is 0 Å². The van der Waals surface area contributed by atoms with E-state index in [4.69, 9.17) is 4.98 Å². The van der Waals surface area contributed by atoms with Crippen LogP contribution >= 0.6 is 22.7 Å². The van der Waals surface area contributed by atoms with Crippen LogP contribution in [0.1, 0.15) is 0 Å². The quantitative estimate of drug-likeness (QED) is 0.491. The summed E-state index contributed by atoms with van der Waals surface area (Å²) in [7, 11) is 0. The fraction of sp³-hybridized carbons (Fsp3) is 0. The third kappa shape index (κ3) is 2.58. The number of rotatable bonds is 3. The van der Waals surface area contributed by atoms with Crippen LogP contribution in [0.5, 0.6) is 0 Å². The molecule has 3 heterocycles. The second-order valence-corrected chi connectivity index (χ2v) is 6.72. The van der Waals surface area contributed by atoms with E-state index in [1.54, 1.807) is 22.7 Å². The number of thiophene rings is 1. The van der Waals surface area contributed by atoms with Gasteiger partial charge in [0.05, 0.1) is 21.1 Å². The van der Waals surface area contributed by atoms with Crippen LogP contribution in [-0.2, 0) is 0 Å². The second kappa shape index (κ2) is 5.83. The van der Waals surface area contributed by atoms with E-state index in [1.807, 2.05) is 42.6 Å². The van der Waals surface area contributed by atoms with Crippen LogP contribution in [-0.4, -0.2) is 9.97 Å². The van der Waals surface area contributed by atoms with E-state index < -0.39 is 0 Å². The first-order valence-electron chi connectivity index (χ1n) is 6.93. The molecule has 0 bridgehead atoms. The van der Waals surface area contributed by atoms with Crippen molar-refractivity contribution in [2.45, 2.75) is 0 Å². The Balaban J connectivity index is 1.66. The van der Waals surface area contributed by atoms with E-state index in [0.717, 1.165) is 22.0 Å². The molecule has 0 spiro atoms. The van der Waals surface area contributed by atoms with E-state index in [-0.39, 0.29) is 0 Å². The number of hydrogen-bond acceptors (Lipinski definition) is 4. The Labute approximate surface area is 136 Å². The first kappa shape index (κ1) is 13.4. The Morgan fingerprint density at radius 2 is 1.55 bits per heavy atom. The van der Waals surface area contributed by atoms with Crippen molar-refractivity contribution in [3.8, 4) is 31.7 Å². The van der Waals surface area contributed by atoms with Gasteiger partial charge in [-0.1, -0.05) is 36.4 Å². The van der Waals surface area contributed by atoms with Gasteiger partial charge in [-0.3, -0.25) is 4.98 Å². The maximum atomic E-state index is 4.77. The molecule has 0 atom stereocenters. The predicted molar refractivity (Wildman–Crippen MR) is 94.1 cm³/mol. The number of aromatic nitrogens is 2. The highest BCUT2D eigenvalue weighted by molar-refractivity contribution is 7.23. The molecule has 0 unspecified atom stereocenters. The molecule has 0 aliphatic heterocycles. The van der Waals surface area contributed by atoms with Gasteiger partial charge in [0.25, 0.3) is 0 Å². The van der Waals surface area contributed by atoms with Crippen molar-refractivity contribution in [2.24, 2.45) is 0 Å². The lowest BCUT2D eigenvalue weighted by molar-refractivity contribution is 1.34. The number of benzene rings is 1. The highest BCUT2D eigenvalue weighted by atomic mass is 32.1. The maximum absolute atomic E-state index is 4.77. The van der Waals surface area contributed by atoms with Crippen LogP contribution in [0.15, 0.2) is 72.2 Å². The average Bonchev–Trinajstić information content (AvgIpc) is 3.26. The van der Waals surface area contributed by atoms with Gasteiger partial charge in [0.1, 0.15) is 5.01 Å². The molecule has 106 valence electrons. The Morgan fingerprint density at radius 3 is 2.36 bits per heavy atom. The summed E-state index contributed by atoms with van der Waals surface area (Å²) in [5.74, 6) is 0. The monoisotopic (exact) mass is 320 g/mol. The summed E-state index contributed by atoms with van der Waals surface area (Å²) in [4.78, 5) is 11.5. The molecule has 0 amide bonds. The fourth-order valence-corrected chi connectivity index (χ4v) is 4.11. The van der Waals surface area contributed by atoms with Crippen molar-refractivity contribution < 1.29 is 0 Å². The van der Waals surface area contributed by atoms with E-state index >= 15 is 0 Å². The number of hydrogen-bond donors (Lipinski definition) is 0. The molecular weight excluding hydrogens is 308 g/mol. The molecular formula is C18H12N2S2. The molecule has 4 rings (SSSR count). The largest absolute Gasteiger partial charge is 0.255 e. The standard InChI is InChI=1S/C18H12N2S2/c1-2-6-13(7-3-1)15-12-21-18(20-15)17-10-9-16(22-17)14-8-4-5-11-19-14/h1-12H. The van der Waals surface area contributed by atoms with Gasteiger partial charge in [0.15, 0.2) is 0 Å². The Morgan fingerprint density at radius 1 is 0.727 bits per heavy atom. The summed E-state index contributed by atoms with van der Waals surface area (Å²) in [6.07, 6.45) is 1.83. The normalized spacial score (nSPS) is 10.7. The minimum absolute atomic E-state index is 1.01. The molecule has 4 aromatic rings. The molecule has 0 saturated heterocycles. The van der Waals surface area contributed by atoms with Gasteiger partial charge in [-0.25, -0.2) is 4.98 Å². The summed E-state index contributed by atoms with van der Waals surface area (Å²) in [5.41, 5.74) is 3.21. The molecule has 0 N–H and O–H groups in total. The SMILES string of the molecule is c1ccc(-c2csc(-c3ccc(-c4ccccn4)s3)n2)cc1. The zero-order chi connectivity index (χ0) is 14.8. The molecule has 22 heavy (non-hydrogen) atoms. The van der Waals surface area contributed by atoms with E-state index in [9.17, 15) is 0 Å². The van der Waals surface area contributed by atoms with Crippen molar-refractivity contribution >= 4 is 22.7 Å². The Bertz CT molecular complexity index is 804. The third-order valence-corrected chi connectivity index (χ3v) is 5.43. The lowest BCUT2D eigenvalue weighted by Gasteiger charge is -1.95. The van der Waals surface area contributed by atoms with E-state index in [1.165, 1.54) is 9.75 Å². The Hall–Kier alpha value is -2.30. The van der Waals surface area contributed by atoms with Crippen molar-refractivity contribution in [2.75, 3.05) is 0 Å². The molecule has 0 aliphatic rings. The van der Waals surface area contributed by atoms with Crippen LogP contribution in [0.3, 0.4) is 0 Å². The average molecular weight is 320 g/mol. The molecule has 1 aromatic carbocycles. The van der Waals surface area contributed by atoms with Crippen LogP contribution in [0.2, 0.25) is 0 Å². The van der Waals surface area contributed by atoms with Crippen LogP contribution in [0.4, 0.5) is 0 Å². The smallest absolute Gasteiger partial charge is 0.134 e. The van der Waals surface area contributed by atoms with Crippen LogP contribution in [0.25, 0.3) is 31.7 Å². The number of nitrogens with zero attached hydrogens (tertiary/aromatic N) is 2. The number of pyridine rings is 1. The summed E-state index contributed by atoms with van der Waals surface area (Å²) >= 11 is 3.42. The predicted octanol–water partition coefficient (Wildman–Crippen LogP) is 5.60. The minimum Gasteiger partial charge on any atom is -0.255 e. The van der Waals surface area contributed by atoms with E-state index in [2.05, 4.69) is 34.6 Å². The maximum Gasteiger partial charge on any atom is 0.134 e. The van der Waals surface area contributed by atoms with Gasteiger partial charge in [-0.05, 0) is 24.3 Å². The van der Waals surface area contributed by atoms with Crippen molar-refractivity contribution in [3.63, 3.8) is 0 Å². The van der Waals surface area contributed by atoms with Gasteiger partial charge in [0.2, 0.25) is 0 Å². The Kier molecular flexibility index (Phi) is 3.54. The number of thiazole rings is 1. The molecule has 0 aliphatic carbocycles. The molecule has 2 nitrogen and oxygen atoms in total. The van der Waals surface area contributed by atoms with Crippen LogP contribution in [0, 0.1) is 0 Å². The molecule has 4 heteroatoms. The summed E-state index contributed by atoms with van der Waals surface area (Å²) < 4.78 is 0. The lowest BCUT2D eigenvalue weighted by Crippen LogP contribution is -1.76.